The Kier molecular flexibility index (Phi) is 7.31. The number of halogens is 1. The maximum absolute atomic E-state index is 12.2. The molecule has 0 aliphatic carbocycles. The summed E-state index contributed by atoms with van der Waals surface area (Å²) in [7, 11) is 0. The number of alkyl carbamates (subject to hydrolysis) is 1. The topological polar surface area (TPSA) is 64.6 Å². The van der Waals surface area contributed by atoms with Crippen LogP contribution in [0.5, 0.6) is 0 Å². The van der Waals surface area contributed by atoms with Crippen molar-refractivity contribution in [1.29, 1.82) is 0 Å². The number of aryl methyl sites for hydroxylation is 1. The third-order valence-electron chi connectivity index (χ3n) is 2.81. The minimum atomic E-state index is -0.787. The van der Waals surface area contributed by atoms with Gasteiger partial charge in [0.05, 0.1) is 0 Å². The molecule has 5 nitrogen and oxygen atoms in total. The summed E-state index contributed by atoms with van der Waals surface area (Å²) in [6, 6.07) is 7.00. The zero-order valence-electron chi connectivity index (χ0n) is 14.2. The average Bonchev–Trinajstić information content (AvgIpc) is 2.37. The van der Waals surface area contributed by atoms with Crippen LogP contribution >= 0.6 is 22.6 Å². The van der Waals surface area contributed by atoms with E-state index in [1.54, 1.807) is 27.7 Å². The van der Waals surface area contributed by atoms with E-state index in [-0.39, 0.29) is 4.11 Å². The molecule has 0 radical (unpaired) electrons. The van der Waals surface area contributed by atoms with E-state index in [1.165, 1.54) is 0 Å². The summed E-state index contributed by atoms with van der Waals surface area (Å²) in [4.78, 5) is 24.2. The van der Waals surface area contributed by atoms with Gasteiger partial charge < -0.3 is 14.8 Å². The molecule has 1 N–H and O–H groups in total. The highest BCUT2D eigenvalue weighted by atomic mass is 127. The smallest absolute Gasteiger partial charge is 0.408 e. The number of carbonyl (C=O) groups is 2. The Balaban J connectivity index is 2.82. The standard InChI is InChI=1S/C17H24INO4/c1-11-6-8-13(9-7-11)10-14(15(20)22-12(2)18)19-16(21)23-17(3,4)5/h6-9,12,14H,10H2,1-5H3,(H,19,21)/t12?,14-/m1/s1. The highest BCUT2D eigenvalue weighted by molar-refractivity contribution is 14.1. The number of rotatable bonds is 5. The van der Waals surface area contributed by atoms with E-state index in [0.29, 0.717) is 6.42 Å². The van der Waals surface area contributed by atoms with E-state index < -0.39 is 23.7 Å². The first kappa shape index (κ1) is 19.7. The largest absolute Gasteiger partial charge is 0.450 e. The number of hydrogen-bond acceptors (Lipinski definition) is 4. The molecule has 1 aromatic rings. The lowest BCUT2D eigenvalue weighted by molar-refractivity contribution is -0.146. The second-order valence-electron chi connectivity index (χ2n) is 6.37. The van der Waals surface area contributed by atoms with E-state index in [0.717, 1.165) is 11.1 Å². The normalized spacial score (nSPS) is 13.8. The number of carbonyl (C=O) groups excluding carboxylic acids is 2. The number of benzene rings is 1. The fourth-order valence-corrected chi connectivity index (χ4v) is 2.10. The Hall–Kier alpha value is -1.31. The highest BCUT2D eigenvalue weighted by Crippen LogP contribution is 2.12. The Morgan fingerprint density at radius 3 is 2.26 bits per heavy atom. The lowest BCUT2D eigenvalue weighted by Crippen LogP contribution is -2.45. The molecule has 23 heavy (non-hydrogen) atoms. The van der Waals surface area contributed by atoms with Gasteiger partial charge >= 0.3 is 12.1 Å². The van der Waals surface area contributed by atoms with Crippen molar-refractivity contribution < 1.29 is 19.1 Å². The van der Waals surface area contributed by atoms with E-state index in [2.05, 4.69) is 5.32 Å². The number of hydrogen-bond donors (Lipinski definition) is 1. The SMILES string of the molecule is Cc1ccc(C[C@@H](NC(=O)OC(C)(C)C)C(=O)OC(C)I)cc1. The van der Waals surface area contributed by atoms with Crippen molar-refractivity contribution in [2.75, 3.05) is 0 Å². The summed E-state index contributed by atoms with van der Waals surface area (Å²) in [5.74, 6) is -0.474. The van der Waals surface area contributed by atoms with Crippen molar-refractivity contribution in [3.05, 3.63) is 35.4 Å². The molecule has 0 fully saturated rings. The van der Waals surface area contributed by atoms with E-state index >= 15 is 0 Å². The Morgan fingerprint density at radius 2 is 1.78 bits per heavy atom. The quantitative estimate of drug-likeness (QED) is 0.437. The molecule has 6 heteroatoms. The molecule has 1 amide bonds. The number of esters is 1. The summed E-state index contributed by atoms with van der Waals surface area (Å²) < 4.78 is 10.2. The van der Waals surface area contributed by atoms with Crippen LogP contribution in [0.25, 0.3) is 0 Å². The maximum Gasteiger partial charge on any atom is 0.408 e. The van der Waals surface area contributed by atoms with E-state index in [4.69, 9.17) is 9.47 Å². The third-order valence-corrected chi connectivity index (χ3v) is 3.07. The maximum atomic E-state index is 12.2. The van der Waals surface area contributed by atoms with Gasteiger partial charge in [-0.15, -0.1) is 0 Å². The van der Waals surface area contributed by atoms with Gasteiger partial charge in [0.1, 0.15) is 15.8 Å². The molecule has 0 saturated carbocycles. The van der Waals surface area contributed by atoms with Crippen LogP contribution in [-0.4, -0.2) is 27.8 Å². The second-order valence-corrected chi connectivity index (χ2v) is 8.12. The van der Waals surface area contributed by atoms with Crippen LogP contribution in [-0.2, 0) is 20.7 Å². The predicted molar refractivity (Wildman–Crippen MR) is 97.6 cm³/mol. The summed E-state index contributed by atoms with van der Waals surface area (Å²) >= 11 is 2.00. The fraction of sp³-hybridized carbons (Fsp3) is 0.529. The molecule has 1 unspecified atom stereocenters. The molecule has 1 rings (SSSR count). The fourth-order valence-electron chi connectivity index (χ4n) is 1.85. The highest BCUT2D eigenvalue weighted by Gasteiger charge is 2.26. The monoisotopic (exact) mass is 433 g/mol. The van der Waals surface area contributed by atoms with Crippen molar-refractivity contribution in [2.45, 2.75) is 56.8 Å². The summed E-state index contributed by atoms with van der Waals surface area (Å²) in [6.45, 7) is 9.06. The first-order chi connectivity index (χ1) is 10.6. The minimum absolute atomic E-state index is 0.277. The molecule has 2 atom stereocenters. The van der Waals surface area contributed by atoms with Crippen LogP contribution < -0.4 is 5.32 Å². The molecule has 0 heterocycles. The number of alkyl halides is 1. The van der Waals surface area contributed by atoms with Crippen LogP contribution in [0, 0.1) is 6.92 Å². The Bertz CT molecular complexity index is 535. The van der Waals surface area contributed by atoms with Crippen LogP contribution in [0.4, 0.5) is 4.79 Å². The van der Waals surface area contributed by atoms with Gasteiger partial charge in [0.15, 0.2) is 0 Å². The lowest BCUT2D eigenvalue weighted by Gasteiger charge is -2.23. The van der Waals surface area contributed by atoms with Crippen molar-refractivity contribution >= 4 is 34.7 Å². The van der Waals surface area contributed by atoms with Crippen LogP contribution in [0.1, 0.15) is 38.8 Å². The summed E-state index contributed by atoms with van der Waals surface area (Å²) in [6.07, 6.45) is -0.283. The molecule has 0 aromatic heterocycles. The minimum Gasteiger partial charge on any atom is -0.450 e. The first-order valence-electron chi connectivity index (χ1n) is 7.46. The molecule has 128 valence electrons. The number of nitrogens with one attached hydrogen (secondary N) is 1. The lowest BCUT2D eigenvalue weighted by atomic mass is 10.0. The second kappa shape index (κ2) is 8.52. The Morgan fingerprint density at radius 1 is 1.22 bits per heavy atom. The number of amides is 1. The van der Waals surface area contributed by atoms with Gasteiger partial charge in [-0.25, -0.2) is 9.59 Å². The van der Waals surface area contributed by atoms with E-state index in [1.807, 2.05) is 53.8 Å². The van der Waals surface area contributed by atoms with E-state index in [9.17, 15) is 9.59 Å². The summed E-state index contributed by atoms with van der Waals surface area (Å²) in [5.41, 5.74) is 1.45. The predicted octanol–water partition coefficient (Wildman–Crippen LogP) is 3.76. The van der Waals surface area contributed by atoms with Gasteiger partial charge in [-0.1, -0.05) is 29.8 Å². The van der Waals surface area contributed by atoms with Crippen LogP contribution in [0.3, 0.4) is 0 Å². The van der Waals surface area contributed by atoms with Gasteiger partial charge in [-0.2, -0.15) is 0 Å². The van der Waals surface area contributed by atoms with Crippen LogP contribution in [0.15, 0.2) is 24.3 Å². The molecular weight excluding hydrogens is 409 g/mol. The molecule has 0 aliphatic rings. The van der Waals surface area contributed by atoms with Crippen molar-refractivity contribution in [1.82, 2.24) is 5.32 Å². The van der Waals surface area contributed by atoms with Gasteiger partial charge in [0.25, 0.3) is 0 Å². The molecule has 0 aliphatic heterocycles. The molecule has 0 bridgehead atoms. The van der Waals surface area contributed by atoms with Gasteiger partial charge in [-0.3, -0.25) is 0 Å². The first-order valence-corrected chi connectivity index (χ1v) is 8.71. The molecular formula is C17H24INO4. The number of ether oxygens (including phenoxy) is 2. The third kappa shape index (κ3) is 8.20. The molecule has 0 spiro atoms. The molecule has 0 saturated heterocycles. The zero-order valence-corrected chi connectivity index (χ0v) is 16.3. The van der Waals surface area contributed by atoms with Gasteiger partial charge in [-0.05, 0) is 62.8 Å². The Labute approximate surface area is 151 Å². The van der Waals surface area contributed by atoms with Gasteiger partial charge in [0.2, 0.25) is 0 Å². The van der Waals surface area contributed by atoms with Crippen molar-refractivity contribution in [3.8, 4) is 0 Å². The van der Waals surface area contributed by atoms with Crippen LogP contribution in [0.2, 0.25) is 0 Å². The van der Waals surface area contributed by atoms with Crippen molar-refractivity contribution in [2.24, 2.45) is 0 Å². The van der Waals surface area contributed by atoms with Gasteiger partial charge in [0, 0.05) is 6.42 Å². The zero-order chi connectivity index (χ0) is 17.6. The average molecular weight is 433 g/mol. The molecule has 1 aromatic carbocycles. The summed E-state index contributed by atoms with van der Waals surface area (Å²) in [5, 5.41) is 2.60. The van der Waals surface area contributed by atoms with Crippen molar-refractivity contribution in [3.63, 3.8) is 0 Å².